The van der Waals surface area contributed by atoms with E-state index in [1.807, 2.05) is 0 Å². The number of hydrogen-bond acceptors (Lipinski definition) is 2. The first-order valence-electron chi connectivity index (χ1n) is 6.31. The van der Waals surface area contributed by atoms with Gasteiger partial charge in [-0.2, -0.15) is 13.2 Å². The standard InChI is InChI=1S/C13H26F3NS/c1-10(2)12(6,9-17-11(3,4)5)7-8-18-13(14,15)16/h10,17H,7-9H2,1-6H3. The van der Waals surface area contributed by atoms with Gasteiger partial charge in [0.05, 0.1) is 0 Å². The molecule has 1 N–H and O–H groups in total. The summed E-state index contributed by atoms with van der Waals surface area (Å²) in [6.07, 6.45) is 0.567. The van der Waals surface area contributed by atoms with Crippen LogP contribution in [0.5, 0.6) is 0 Å². The van der Waals surface area contributed by atoms with E-state index in [1.54, 1.807) is 0 Å². The Labute approximate surface area is 113 Å². The maximum Gasteiger partial charge on any atom is 0.441 e. The van der Waals surface area contributed by atoms with E-state index < -0.39 is 5.51 Å². The third-order valence-corrected chi connectivity index (χ3v) is 4.09. The highest BCUT2D eigenvalue weighted by atomic mass is 32.2. The fourth-order valence-corrected chi connectivity index (χ4v) is 2.25. The lowest BCUT2D eigenvalue weighted by Gasteiger charge is -2.37. The van der Waals surface area contributed by atoms with Crippen molar-refractivity contribution in [2.24, 2.45) is 11.3 Å². The highest BCUT2D eigenvalue weighted by molar-refractivity contribution is 8.00. The van der Waals surface area contributed by atoms with E-state index in [9.17, 15) is 13.2 Å². The summed E-state index contributed by atoms with van der Waals surface area (Å²) in [5.41, 5.74) is -4.23. The Kier molecular flexibility index (Phi) is 6.54. The molecule has 0 rings (SSSR count). The predicted octanol–water partition coefficient (Wildman–Crippen LogP) is 4.68. The van der Waals surface area contributed by atoms with E-state index >= 15 is 0 Å². The van der Waals surface area contributed by atoms with Crippen LogP contribution in [0, 0.1) is 11.3 Å². The summed E-state index contributed by atoms with van der Waals surface area (Å²) >= 11 is 0.0834. The smallest absolute Gasteiger partial charge is 0.312 e. The molecular formula is C13H26F3NS. The van der Waals surface area contributed by atoms with Crippen LogP contribution in [-0.4, -0.2) is 23.3 Å². The Morgan fingerprint density at radius 1 is 1.06 bits per heavy atom. The normalized spacial score (nSPS) is 17.0. The molecule has 0 aliphatic carbocycles. The molecule has 0 heterocycles. The summed E-state index contributed by atoms with van der Waals surface area (Å²) in [5, 5.41) is 3.40. The van der Waals surface area contributed by atoms with Crippen molar-refractivity contribution < 1.29 is 13.2 Å². The molecular weight excluding hydrogens is 259 g/mol. The number of nitrogens with one attached hydrogen (secondary N) is 1. The highest BCUT2D eigenvalue weighted by Crippen LogP contribution is 2.37. The summed E-state index contributed by atoms with van der Waals surface area (Å²) in [6.45, 7) is 13.2. The van der Waals surface area contributed by atoms with Crippen LogP contribution in [0.2, 0.25) is 0 Å². The lowest BCUT2D eigenvalue weighted by atomic mass is 9.76. The van der Waals surface area contributed by atoms with Crippen LogP contribution < -0.4 is 5.32 Å². The number of halogens is 3. The lowest BCUT2D eigenvalue weighted by Crippen LogP contribution is -2.45. The van der Waals surface area contributed by atoms with Crippen molar-refractivity contribution in [1.82, 2.24) is 5.32 Å². The molecule has 0 saturated heterocycles. The number of alkyl halides is 3. The molecule has 0 bridgehead atoms. The zero-order chi connectivity index (χ0) is 14.6. The zero-order valence-corrected chi connectivity index (χ0v) is 13.1. The maximum absolute atomic E-state index is 12.2. The molecule has 0 aliphatic rings. The summed E-state index contributed by atoms with van der Waals surface area (Å²) in [7, 11) is 0. The molecule has 0 radical (unpaired) electrons. The van der Waals surface area contributed by atoms with Crippen molar-refractivity contribution in [3.8, 4) is 0 Å². The second-order valence-electron chi connectivity index (χ2n) is 6.46. The van der Waals surface area contributed by atoms with Crippen molar-refractivity contribution in [2.45, 2.75) is 59.0 Å². The summed E-state index contributed by atoms with van der Waals surface area (Å²) in [4.78, 5) is 0. The van der Waals surface area contributed by atoms with Crippen molar-refractivity contribution >= 4 is 11.8 Å². The maximum atomic E-state index is 12.2. The van der Waals surface area contributed by atoms with E-state index in [0.717, 1.165) is 6.54 Å². The van der Waals surface area contributed by atoms with Crippen LogP contribution in [0.25, 0.3) is 0 Å². The van der Waals surface area contributed by atoms with Gasteiger partial charge in [0.1, 0.15) is 0 Å². The minimum absolute atomic E-state index is 0.00663. The Hall–Kier alpha value is 0.1000. The van der Waals surface area contributed by atoms with Gasteiger partial charge in [-0.3, -0.25) is 0 Å². The van der Waals surface area contributed by atoms with Crippen LogP contribution in [0.4, 0.5) is 13.2 Å². The first kappa shape index (κ1) is 18.1. The summed E-state index contributed by atoms with van der Waals surface area (Å²) < 4.78 is 36.5. The zero-order valence-electron chi connectivity index (χ0n) is 12.2. The monoisotopic (exact) mass is 285 g/mol. The van der Waals surface area contributed by atoms with Crippen molar-refractivity contribution in [1.29, 1.82) is 0 Å². The van der Waals surface area contributed by atoms with Crippen molar-refractivity contribution in [3.05, 3.63) is 0 Å². The van der Waals surface area contributed by atoms with E-state index in [4.69, 9.17) is 0 Å². The van der Waals surface area contributed by atoms with Crippen molar-refractivity contribution in [3.63, 3.8) is 0 Å². The number of hydrogen-bond donors (Lipinski definition) is 1. The molecule has 1 nitrogen and oxygen atoms in total. The van der Waals surface area contributed by atoms with E-state index in [1.165, 1.54) is 0 Å². The third kappa shape index (κ3) is 8.25. The van der Waals surface area contributed by atoms with Gasteiger partial charge in [-0.25, -0.2) is 0 Å². The molecule has 0 aromatic rings. The van der Waals surface area contributed by atoms with Crippen LogP contribution in [-0.2, 0) is 0 Å². The van der Waals surface area contributed by atoms with Gasteiger partial charge in [0.25, 0.3) is 0 Å². The molecule has 18 heavy (non-hydrogen) atoms. The quantitative estimate of drug-likeness (QED) is 0.760. The average Bonchev–Trinajstić information content (AvgIpc) is 2.11. The van der Waals surface area contributed by atoms with Crippen molar-refractivity contribution in [2.75, 3.05) is 12.3 Å². The Bertz CT molecular complexity index is 246. The largest absolute Gasteiger partial charge is 0.441 e. The van der Waals surface area contributed by atoms with Crippen LogP contribution in [0.3, 0.4) is 0 Å². The molecule has 0 spiro atoms. The minimum Gasteiger partial charge on any atom is -0.312 e. The van der Waals surface area contributed by atoms with Gasteiger partial charge in [0.15, 0.2) is 0 Å². The summed E-state index contributed by atoms with van der Waals surface area (Å²) in [6, 6.07) is 0. The van der Waals surface area contributed by atoms with Gasteiger partial charge < -0.3 is 5.32 Å². The Balaban J connectivity index is 4.36. The van der Waals surface area contributed by atoms with Gasteiger partial charge in [0.2, 0.25) is 0 Å². The lowest BCUT2D eigenvalue weighted by molar-refractivity contribution is -0.0329. The third-order valence-electron chi connectivity index (χ3n) is 3.36. The van der Waals surface area contributed by atoms with Crippen LogP contribution in [0.1, 0.15) is 48.0 Å². The molecule has 5 heteroatoms. The number of rotatable bonds is 6. The van der Waals surface area contributed by atoms with Gasteiger partial charge in [0, 0.05) is 17.8 Å². The van der Waals surface area contributed by atoms with Gasteiger partial charge in [-0.1, -0.05) is 32.5 Å². The number of thioether (sulfide) groups is 1. The minimum atomic E-state index is -4.12. The second kappa shape index (κ2) is 6.51. The molecule has 0 saturated carbocycles. The SMILES string of the molecule is CC(C)C(C)(CCSC(F)(F)F)CNC(C)(C)C. The fraction of sp³-hybridized carbons (Fsp3) is 1.00. The molecule has 1 atom stereocenters. The molecule has 0 amide bonds. The molecule has 0 aromatic carbocycles. The average molecular weight is 285 g/mol. The molecule has 0 fully saturated rings. The van der Waals surface area contributed by atoms with Crippen LogP contribution >= 0.6 is 11.8 Å². The Morgan fingerprint density at radius 3 is 1.89 bits per heavy atom. The first-order chi connectivity index (χ1) is 7.86. The first-order valence-corrected chi connectivity index (χ1v) is 7.30. The fourth-order valence-electron chi connectivity index (χ4n) is 1.45. The molecule has 0 aliphatic heterocycles. The molecule has 110 valence electrons. The Morgan fingerprint density at radius 2 is 1.56 bits per heavy atom. The molecule has 0 aromatic heterocycles. The highest BCUT2D eigenvalue weighted by Gasteiger charge is 2.33. The second-order valence-corrected chi connectivity index (χ2v) is 7.62. The predicted molar refractivity (Wildman–Crippen MR) is 73.8 cm³/mol. The van der Waals surface area contributed by atoms with Gasteiger partial charge in [-0.15, -0.1) is 0 Å². The van der Waals surface area contributed by atoms with Crippen LogP contribution in [0.15, 0.2) is 0 Å². The van der Waals surface area contributed by atoms with E-state index in [0.29, 0.717) is 12.3 Å². The van der Waals surface area contributed by atoms with E-state index in [-0.39, 0.29) is 28.5 Å². The topological polar surface area (TPSA) is 12.0 Å². The van der Waals surface area contributed by atoms with Gasteiger partial charge >= 0.3 is 5.51 Å². The van der Waals surface area contributed by atoms with Gasteiger partial charge in [-0.05, 0) is 38.5 Å². The van der Waals surface area contributed by atoms with E-state index in [2.05, 4.69) is 46.9 Å². The molecule has 1 unspecified atom stereocenters. The summed E-state index contributed by atoms with van der Waals surface area (Å²) in [5.74, 6) is 0.477.